The van der Waals surface area contributed by atoms with Crippen molar-refractivity contribution < 1.29 is 0 Å². The van der Waals surface area contributed by atoms with Gasteiger partial charge in [0, 0.05) is 44.0 Å². The Morgan fingerprint density at radius 1 is 0.294 bits per heavy atom. The van der Waals surface area contributed by atoms with Gasteiger partial charge < -0.3 is 9.13 Å². The van der Waals surface area contributed by atoms with Crippen LogP contribution in [0.5, 0.6) is 0 Å². The van der Waals surface area contributed by atoms with E-state index < -0.39 is 0 Å². The molecule has 68 heavy (non-hydrogen) atoms. The van der Waals surface area contributed by atoms with Gasteiger partial charge in [0.05, 0.1) is 44.5 Å². The first kappa shape index (κ1) is 41.4. The highest BCUT2D eigenvalue weighted by Gasteiger charge is 2.20. The average molecular weight is 877 g/mol. The Morgan fingerprint density at radius 2 is 0.647 bits per heavy atom. The molecule has 0 spiro atoms. The van der Waals surface area contributed by atoms with Gasteiger partial charge in [0.15, 0.2) is 0 Å². The Labute approximate surface area is 397 Å². The maximum absolute atomic E-state index is 5.27. The minimum atomic E-state index is 0.0553. The third-order valence-corrected chi connectivity index (χ3v) is 13.8. The lowest BCUT2D eigenvalue weighted by Gasteiger charge is -2.20. The number of fused-ring (bicyclic) bond motifs is 7. The molecule has 0 saturated heterocycles. The van der Waals surface area contributed by atoms with Crippen LogP contribution in [-0.2, 0) is 10.8 Å². The smallest absolute Gasteiger partial charge is 0.0973 e. The Morgan fingerprint density at radius 3 is 1.06 bits per heavy atom. The maximum Gasteiger partial charge on any atom is 0.0973 e. The Bertz CT molecular complexity index is 3650. The zero-order chi connectivity index (χ0) is 46.3. The van der Waals surface area contributed by atoms with Crippen LogP contribution in [-0.4, -0.2) is 19.1 Å². The molecule has 0 fully saturated rings. The SMILES string of the molecule is CC(C)(C)c1cccc(-n2c3ccccc3c3cc(-c4ccc(-c5nc6ccccc6nc5-c5ccc(-c6ccc7c(c6)c6ccccc6n7-c6cccc(C(C)(C)C)c6)cc5)cc4)ccc32)c1. The van der Waals surface area contributed by atoms with Gasteiger partial charge in [-0.3, -0.25) is 0 Å². The monoisotopic (exact) mass is 876 g/mol. The van der Waals surface area contributed by atoms with Crippen molar-refractivity contribution in [3.05, 3.63) is 217 Å². The minimum Gasteiger partial charge on any atom is -0.309 e. The molecule has 0 amide bonds. The topological polar surface area (TPSA) is 35.6 Å². The summed E-state index contributed by atoms with van der Waals surface area (Å²) in [6.45, 7) is 13.6. The summed E-state index contributed by atoms with van der Waals surface area (Å²) in [5, 5.41) is 4.97. The number of aromatic nitrogens is 4. The summed E-state index contributed by atoms with van der Waals surface area (Å²) < 4.78 is 4.82. The van der Waals surface area contributed by atoms with E-state index in [9.17, 15) is 0 Å². The van der Waals surface area contributed by atoms with E-state index in [1.54, 1.807) is 0 Å². The van der Waals surface area contributed by atoms with Crippen molar-refractivity contribution in [3.63, 3.8) is 0 Å². The first-order valence-corrected chi connectivity index (χ1v) is 23.7. The Kier molecular flexibility index (Phi) is 9.60. The van der Waals surface area contributed by atoms with Crippen LogP contribution in [0.1, 0.15) is 52.7 Å². The number of nitrogens with zero attached hydrogens (tertiary/aromatic N) is 4. The fourth-order valence-corrected chi connectivity index (χ4v) is 10.1. The molecular formula is C64H52N4. The second kappa shape index (κ2) is 15.8. The number of hydrogen-bond acceptors (Lipinski definition) is 2. The zero-order valence-corrected chi connectivity index (χ0v) is 39.4. The van der Waals surface area contributed by atoms with Gasteiger partial charge in [-0.15, -0.1) is 0 Å². The van der Waals surface area contributed by atoms with Crippen LogP contribution >= 0.6 is 0 Å². The minimum absolute atomic E-state index is 0.0553. The largest absolute Gasteiger partial charge is 0.309 e. The van der Waals surface area contributed by atoms with E-state index in [0.29, 0.717) is 0 Å². The lowest BCUT2D eigenvalue weighted by molar-refractivity contribution is 0.589. The molecule has 0 aliphatic rings. The Hall–Kier alpha value is -8.08. The number of benzene rings is 9. The lowest BCUT2D eigenvalue weighted by Crippen LogP contribution is -2.11. The van der Waals surface area contributed by atoms with Crippen LogP contribution in [0.15, 0.2) is 206 Å². The molecule has 3 aromatic heterocycles. The predicted molar refractivity (Wildman–Crippen MR) is 287 cm³/mol. The van der Waals surface area contributed by atoms with E-state index in [-0.39, 0.29) is 10.8 Å². The molecule has 4 heteroatoms. The van der Waals surface area contributed by atoms with Crippen molar-refractivity contribution >= 4 is 54.6 Å². The van der Waals surface area contributed by atoms with Gasteiger partial charge >= 0.3 is 0 Å². The van der Waals surface area contributed by atoms with Gasteiger partial charge in [-0.1, -0.05) is 175 Å². The van der Waals surface area contributed by atoms with Gasteiger partial charge in [-0.05, 0) is 117 Å². The molecule has 0 aliphatic carbocycles. The van der Waals surface area contributed by atoms with Crippen molar-refractivity contribution in [1.82, 2.24) is 19.1 Å². The van der Waals surface area contributed by atoms with E-state index in [1.807, 2.05) is 24.3 Å². The summed E-state index contributed by atoms with van der Waals surface area (Å²) in [6.07, 6.45) is 0. The molecule has 12 aromatic rings. The highest BCUT2D eigenvalue weighted by Crippen LogP contribution is 2.40. The molecule has 0 bridgehead atoms. The van der Waals surface area contributed by atoms with Crippen LogP contribution in [0.4, 0.5) is 0 Å². The molecular weight excluding hydrogens is 825 g/mol. The molecule has 0 radical (unpaired) electrons. The van der Waals surface area contributed by atoms with Gasteiger partial charge in [0.2, 0.25) is 0 Å². The molecule has 4 nitrogen and oxygen atoms in total. The molecule has 328 valence electrons. The lowest BCUT2D eigenvalue weighted by atomic mass is 9.87. The van der Waals surface area contributed by atoms with Gasteiger partial charge in [0.1, 0.15) is 0 Å². The number of rotatable bonds is 6. The fourth-order valence-electron chi connectivity index (χ4n) is 10.1. The summed E-state index contributed by atoms with van der Waals surface area (Å²) in [7, 11) is 0. The van der Waals surface area contributed by atoms with E-state index in [0.717, 1.165) is 44.7 Å². The summed E-state index contributed by atoms with van der Waals surface area (Å²) in [5.74, 6) is 0. The maximum atomic E-state index is 5.27. The second-order valence-corrected chi connectivity index (χ2v) is 20.3. The number of para-hydroxylation sites is 4. The normalized spacial score (nSPS) is 12.3. The molecule has 9 aromatic carbocycles. The number of hydrogen-bond donors (Lipinski definition) is 0. The van der Waals surface area contributed by atoms with Crippen LogP contribution < -0.4 is 0 Å². The first-order chi connectivity index (χ1) is 33.0. The highest BCUT2D eigenvalue weighted by atomic mass is 15.0. The van der Waals surface area contributed by atoms with Crippen molar-refractivity contribution in [1.29, 1.82) is 0 Å². The standard InChI is InChI=1S/C64H52N4/c1-63(2,3)47-15-13-17-49(39-47)67-57-23-11-7-19-51(57)53-37-45(33-35-59(53)67)41-25-29-43(30-26-41)61-62(66-56-22-10-9-21-55(56)65-61)44-31-27-42(28-32-44)46-34-36-60-54(38-46)52-20-8-12-24-58(52)68(60)50-18-14-16-48(40-50)64(4,5)6/h7-40H,1-6H3. The van der Waals surface area contributed by atoms with Crippen LogP contribution in [0.25, 0.3) is 111 Å². The molecule has 12 rings (SSSR count). The van der Waals surface area contributed by atoms with Crippen LogP contribution in [0.3, 0.4) is 0 Å². The van der Waals surface area contributed by atoms with Gasteiger partial charge in [0.25, 0.3) is 0 Å². The summed E-state index contributed by atoms with van der Waals surface area (Å²) in [4.78, 5) is 10.5. The summed E-state index contributed by atoms with van der Waals surface area (Å²) in [6, 6.07) is 75.1. The molecule has 3 heterocycles. The second-order valence-electron chi connectivity index (χ2n) is 20.3. The Balaban J connectivity index is 0.896. The molecule has 0 N–H and O–H groups in total. The highest BCUT2D eigenvalue weighted by molar-refractivity contribution is 6.11. The molecule has 0 saturated carbocycles. The van der Waals surface area contributed by atoms with Crippen molar-refractivity contribution in [2.75, 3.05) is 0 Å². The molecule has 0 unspecified atom stereocenters. The first-order valence-electron chi connectivity index (χ1n) is 23.7. The van der Waals surface area contributed by atoms with E-state index in [2.05, 4.69) is 233 Å². The van der Waals surface area contributed by atoms with E-state index in [1.165, 1.54) is 77.2 Å². The molecule has 0 aliphatic heterocycles. The van der Waals surface area contributed by atoms with E-state index in [4.69, 9.17) is 9.97 Å². The van der Waals surface area contributed by atoms with Gasteiger partial charge in [-0.25, -0.2) is 9.97 Å². The summed E-state index contributed by atoms with van der Waals surface area (Å²) in [5.41, 5.74) is 20.1. The van der Waals surface area contributed by atoms with Crippen molar-refractivity contribution in [2.45, 2.75) is 52.4 Å². The third kappa shape index (κ3) is 7.07. The fraction of sp³-hybridized carbons (Fsp3) is 0.125. The predicted octanol–water partition coefficient (Wildman–Crippen LogP) is 17.1. The van der Waals surface area contributed by atoms with Crippen molar-refractivity contribution in [2.24, 2.45) is 0 Å². The zero-order valence-electron chi connectivity index (χ0n) is 39.4. The quantitative estimate of drug-likeness (QED) is 0.167. The van der Waals surface area contributed by atoms with E-state index >= 15 is 0 Å². The van der Waals surface area contributed by atoms with Gasteiger partial charge in [-0.2, -0.15) is 0 Å². The molecule has 0 atom stereocenters. The summed E-state index contributed by atoms with van der Waals surface area (Å²) >= 11 is 0. The van der Waals surface area contributed by atoms with Crippen LogP contribution in [0.2, 0.25) is 0 Å². The van der Waals surface area contributed by atoms with Crippen molar-refractivity contribution in [3.8, 4) is 56.1 Å². The third-order valence-electron chi connectivity index (χ3n) is 13.8. The average Bonchev–Trinajstić information content (AvgIpc) is 3.88. The van der Waals surface area contributed by atoms with Crippen LogP contribution in [0, 0.1) is 0 Å².